The summed E-state index contributed by atoms with van der Waals surface area (Å²) in [7, 11) is -2.16. The zero-order valence-electron chi connectivity index (χ0n) is 12.2. The first-order chi connectivity index (χ1) is 9.19. The molecule has 20 heavy (non-hydrogen) atoms. The molecule has 6 nitrogen and oxygen atoms in total. The number of pyridine rings is 1. The van der Waals surface area contributed by atoms with Crippen molar-refractivity contribution in [1.82, 2.24) is 14.6 Å². The molecule has 0 unspecified atom stereocenters. The number of rotatable bonds is 6. The van der Waals surface area contributed by atoms with Crippen molar-refractivity contribution in [3.05, 3.63) is 24.4 Å². The SMILES string of the molecule is CN(C[C@@H](NC=O)C(C)(C)C)S(=O)(=O)c1ccccn1. The molecular formula is C13H21N3O3S. The predicted molar refractivity (Wildman–Crippen MR) is 76.5 cm³/mol. The van der Waals surface area contributed by atoms with Crippen LogP contribution in [0, 0.1) is 5.41 Å². The number of hydrogen-bond donors (Lipinski definition) is 1. The van der Waals surface area contributed by atoms with Gasteiger partial charge in [-0.1, -0.05) is 26.8 Å². The summed E-state index contributed by atoms with van der Waals surface area (Å²) in [5.41, 5.74) is -0.255. The number of carbonyl (C=O) groups is 1. The van der Waals surface area contributed by atoms with Gasteiger partial charge in [0.25, 0.3) is 10.0 Å². The Bertz CT molecular complexity index is 538. The van der Waals surface area contributed by atoms with Crippen molar-refractivity contribution < 1.29 is 13.2 Å². The van der Waals surface area contributed by atoms with Crippen LogP contribution in [0.15, 0.2) is 29.4 Å². The third-order valence-electron chi connectivity index (χ3n) is 3.07. The number of nitrogens with one attached hydrogen (secondary N) is 1. The second-order valence-electron chi connectivity index (χ2n) is 5.66. The van der Waals surface area contributed by atoms with Gasteiger partial charge >= 0.3 is 0 Å². The van der Waals surface area contributed by atoms with Crippen LogP contribution in [0.3, 0.4) is 0 Å². The lowest BCUT2D eigenvalue weighted by atomic mass is 9.87. The van der Waals surface area contributed by atoms with Crippen molar-refractivity contribution in [2.24, 2.45) is 5.41 Å². The maximum absolute atomic E-state index is 12.3. The molecule has 1 atom stereocenters. The van der Waals surface area contributed by atoms with Crippen molar-refractivity contribution in [2.45, 2.75) is 31.8 Å². The summed E-state index contributed by atoms with van der Waals surface area (Å²) in [6, 6.07) is 4.44. The Morgan fingerprint density at radius 2 is 2.05 bits per heavy atom. The summed E-state index contributed by atoms with van der Waals surface area (Å²) < 4.78 is 25.9. The second-order valence-corrected chi connectivity index (χ2v) is 7.65. The van der Waals surface area contributed by atoms with Gasteiger partial charge in [-0.05, 0) is 17.5 Å². The van der Waals surface area contributed by atoms with Crippen molar-refractivity contribution in [3.63, 3.8) is 0 Å². The first kappa shape index (κ1) is 16.6. The summed E-state index contributed by atoms with van der Waals surface area (Å²) in [5.74, 6) is 0. The Labute approximate surface area is 120 Å². The van der Waals surface area contributed by atoms with Crippen LogP contribution >= 0.6 is 0 Å². The molecule has 1 amide bonds. The van der Waals surface area contributed by atoms with E-state index in [2.05, 4.69) is 10.3 Å². The fraction of sp³-hybridized carbons (Fsp3) is 0.538. The maximum atomic E-state index is 12.3. The zero-order valence-corrected chi connectivity index (χ0v) is 13.0. The topological polar surface area (TPSA) is 79.4 Å². The van der Waals surface area contributed by atoms with Gasteiger partial charge in [-0.2, -0.15) is 4.31 Å². The quantitative estimate of drug-likeness (QED) is 0.790. The first-order valence-electron chi connectivity index (χ1n) is 6.26. The van der Waals surface area contributed by atoms with E-state index in [0.717, 1.165) is 0 Å². The second kappa shape index (κ2) is 6.32. The number of sulfonamides is 1. The maximum Gasteiger partial charge on any atom is 0.260 e. The molecular weight excluding hydrogens is 278 g/mol. The number of carbonyl (C=O) groups excluding carboxylic acids is 1. The monoisotopic (exact) mass is 299 g/mol. The van der Waals surface area contributed by atoms with Gasteiger partial charge in [-0.15, -0.1) is 0 Å². The molecule has 7 heteroatoms. The summed E-state index contributed by atoms with van der Waals surface area (Å²) >= 11 is 0. The fourth-order valence-electron chi connectivity index (χ4n) is 1.67. The van der Waals surface area contributed by atoms with Crippen LogP contribution in [-0.4, -0.2) is 43.8 Å². The average Bonchev–Trinajstić information content (AvgIpc) is 2.38. The van der Waals surface area contributed by atoms with Crippen molar-refractivity contribution in [1.29, 1.82) is 0 Å². The van der Waals surface area contributed by atoms with E-state index >= 15 is 0 Å². The lowest BCUT2D eigenvalue weighted by molar-refractivity contribution is -0.110. The average molecular weight is 299 g/mol. The van der Waals surface area contributed by atoms with Gasteiger partial charge in [0.15, 0.2) is 5.03 Å². The van der Waals surface area contributed by atoms with E-state index in [0.29, 0.717) is 6.41 Å². The summed E-state index contributed by atoms with van der Waals surface area (Å²) in [6.45, 7) is 6.00. The van der Waals surface area contributed by atoms with E-state index in [1.165, 1.54) is 23.6 Å². The molecule has 1 rings (SSSR count). The highest BCUT2D eigenvalue weighted by atomic mass is 32.2. The molecule has 0 aliphatic heterocycles. The Morgan fingerprint density at radius 3 is 2.50 bits per heavy atom. The van der Waals surface area contributed by atoms with Crippen molar-refractivity contribution >= 4 is 16.4 Å². The van der Waals surface area contributed by atoms with Gasteiger partial charge in [0.05, 0.1) is 0 Å². The Balaban J connectivity index is 2.94. The number of likely N-dealkylation sites (N-methyl/N-ethyl adjacent to an activating group) is 1. The van der Waals surface area contributed by atoms with Crippen LogP contribution in [-0.2, 0) is 14.8 Å². The third-order valence-corrected chi connectivity index (χ3v) is 4.81. The Morgan fingerprint density at radius 1 is 1.40 bits per heavy atom. The number of aromatic nitrogens is 1. The molecule has 1 aromatic rings. The minimum absolute atomic E-state index is 0.00117. The molecule has 1 N–H and O–H groups in total. The van der Waals surface area contributed by atoms with E-state index in [9.17, 15) is 13.2 Å². The van der Waals surface area contributed by atoms with E-state index in [4.69, 9.17) is 0 Å². The molecule has 0 bridgehead atoms. The summed E-state index contributed by atoms with van der Waals surface area (Å²) in [4.78, 5) is 14.5. The Hall–Kier alpha value is -1.47. The van der Waals surface area contributed by atoms with Gasteiger partial charge in [0, 0.05) is 25.8 Å². The van der Waals surface area contributed by atoms with Gasteiger partial charge in [-0.25, -0.2) is 13.4 Å². The third kappa shape index (κ3) is 4.01. The standard InChI is InChI=1S/C13H21N3O3S/c1-13(2,3)11(15-10-17)9-16(4)20(18,19)12-7-5-6-8-14-12/h5-8,10-11H,9H2,1-4H3,(H,15,17)/t11-/m1/s1. The van der Waals surface area contributed by atoms with Gasteiger partial charge in [-0.3, -0.25) is 4.79 Å². The molecule has 0 aromatic carbocycles. The number of nitrogens with zero attached hydrogens (tertiary/aromatic N) is 2. The van der Waals surface area contributed by atoms with Crippen molar-refractivity contribution in [2.75, 3.05) is 13.6 Å². The van der Waals surface area contributed by atoms with E-state index in [1.807, 2.05) is 20.8 Å². The molecule has 0 fully saturated rings. The molecule has 112 valence electrons. The van der Waals surface area contributed by atoms with Crippen LogP contribution in [0.4, 0.5) is 0 Å². The molecule has 0 saturated heterocycles. The van der Waals surface area contributed by atoms with Gasteiger partial charge in [0.2, 0.25) is 6.41 Å². The molecule has 0 radical (unpaired) electrons. The van der Waals surface area contributed by atoms with Crippen LogP contribution in [0.5, 0.6) is 0 Å². The normalized spacial score (nSPS) is 14.1. The van der Waals surface area contributed by atoms with Crippen LogP contribution < -0.4 is 5.32 Å². The summed E-state index contributed by atoms with van der Waals surface area (Å²) in [5, 5.41) is 2.67. The molecule has 1 aromatic heterocycles. The Kier molecular flexibility index (Phi) is 5.24. The molecule has 0 aliphatic rings. The highest BCUT2D eigenvalue weighted by molar-refractivity contribution is 7.89. The van der Waals surface area contributed by atoms with Crippen LogP contribution in [0.2, 0.25) is 0 Å². The van der Waals surface area contributed by atoms with Crippen LogP contribution in [0.1, 0.15) is 20.8 Å². The zero-order chi connectivity index (χ0) is 15.4. The van der Waals surface area contributed by atoms with Crippen molar-refractivity contribution in [3.8, 4) is 0 Å². The fourth-order valence-corrected chi connectivity index (χ4v) is 2.78. The minimum atomic E-state index is -3.65. The van der Waals surface area contributed by atoms with Gasteiger partial charge in [0.1, 0.15) is 0 Å². The van der Waals surface area contributed by atoms with E-state index in [-0.39, 0.29) is 23.0 Å². The number of hydrogen-bond acceptors (Lipinski definition) is 4. The number of amides is 1. The largest absolute Gasteiger partial charge is 0.354 e. The summed E-state index contributed by atoms with van der Waals surface area (Å²) in [6.07, 6.45) is 2.03. The van der Waals surface area contributed by atoms with Gasteiger partial charge < -0.3 is 5.32 Å². The van der Waals surface area contributed by atoms with E-state index in [1.54, 1.807) is 12.1 Å². The smallest absolute Gasteiger partial charge is 0.260 e. The highest BCUT2D eigenvalue weighted by Gasteiger charge is 2.30. The molecule has 0 spiro atoms. The minimum Gasteiger partial charge on any atom is -0.354 e. The van der Waals surface area contributed by atoms with Crippen LogP contribution in [0.25, 0.3) is 0 Å². The first-order valence-corrected chi connectivity index (χ1v) is 7.70. The molecule has 0 aliphatic carbocycles. The molecule has 0 saturated carbocycles. The lowest BCUT2D eigenvalue weighted by Gasteiger charge is -2.32. The lowest BCUT2D eigenvalue weighted by Crippen LogP contribution is -2.48. The van der Waals surface area contributed by atoms with E-state index < -0.39 is 10.0 Å². The highest BCUT2D eigenvalue weighted by Crippen LogP contribution is 2.21. The molecule has 1 heterocycles. The predicted octanol–water partition coefficient (Wildman–Crippen LogP) is 0.863.